The largest absolute Gasteiger partial charge is 0.298 e. The van der Waals surface area contributed by atoms with Crippen LogP contribution in [0.5, 0.6) is 0 Å². The molecule has 0 radical (unpaired) electrons. The number of carbonyl (C=O) groups is 1. The van der Waals surface area contributed by atoms with Crippen molar-refractivity contribution in [1.82, 2.24) is 9.88 Å². The van der Waals surface area contributed by atoms with Gasteiger partial charge in [-0.15, -0.1) is 4.28 Å². The highest BCUT2D eigenvalue weighted by Crippen LogP contribution is 2.38. The number of carbonyl (C=O) groups excluding carboxylic acids is 1. The lowest BCUT2D eigenvalue weighted by Gasteiger charge is -2.42. The molecule has 1 aliphatic rings. The maximum absolute atomic E-state index is 14.2. The normalized spacial score (nSPS) is 15.9. The quantitative estimate of drug-likeness (QED) is 0.361. The Morgan fingerprint density at radius 1 is 1.08 bits per heavy atom. The van der Waals surface area contributed by atoms with Gasteiger partial charge in [0, 0.05) is 6.54 Å². The van der Waals surface area contributed by atoms with E-state index in [0.29, 0.717) is 17.9 Å². The van der Waals surface area contributed by atoms with Crippen molar-refractivity contribution in [2.45, 2.75) is 26.6 Å². The summed E-state index contributed by atoms with van der Waals surface area (Å²) in [5, 5.41) is 1.31. The molecule has 0 saturated carbocycles. The Balaban J connectivity index is 1.83. The number of nitrogens with zero attached hydrogens (tertiary/aromatic N) is 4. The van der Waals surface area contributed by atoms with Crippen molar-refractivity contribution >= 4 is 45.1 Å². The van der Waals surface area contributed by atoms with E-state index >= 15 is 0 Å². The Morgan fingerprint density at radius 2 is 1.82 bits per heavy atom. The number of pyridine rings is 1. The van der Waals surface area contributed by atoms with Gasteiger partial charge in [-0.3, -0.25) is 19.6 Å². The van der Waals surface area contributed by atoms with Crippen molar-refractivity contribution in [2.24, 2.45) is 0 Å². The third kappa shape index (κ3) is 6.21. The Hall–Kier alpha value is -3.31. The van der Waals surface area contributed by atoms with Crippen molar-refractivity contribution in [2.75, 3.05) is 29.3 Å². The molecule has 1 aliphatic heterocycles. The van der Waals surface area contributed by atoms with Gasteiger partial charge in [-0.25, -0.2) is 9.45 Å². The fraction of sp³-hybridized carbons (Fsp3) is 0.259. The van der Waals surface area contributed by atoms with Gasteiger partial charge in [-0.1, -0.05) is 43.6 Å². The van der Waals surface area contributed by atoms with Crippen LogP contribution in [0.2, 0.25) is 5.02 Å². The SMILES string of the molecule is CCN(CC)Cc1cccc(C=CC2N(OS(C)(=O)=O)c3ccc(F)cc3C(=O)N2c2ccccc2Cl)n1. The maximum atomic E-state index is 14.2. The van der Waals surface area contributed by atoms with Crippen LogP contribution in [0.3, 0.4) is 0 Å². The van der Waals surface area contributed by atoms with Gasteiger partial charge >= 0.3 is 0 Å². The van der Waals surface area contributed by atoms with Crippen LogP contribution >= 0.6 is 11.6 Å². The predicted octanol–water partition coefficient (Wildman–Crippen LogP) is 5.11. The Morgan fingerprint density at radius 3 is 2.50 bits per heavy atom. The molecule has 1 aromatic heterocycles. The fourth-order valence-corrected chi connectivity index (χ4v) is 4.89. The van der Waals surface area contributed by atoms with Crippen molar-refractivity contribution in [3.05, 3.63) is 94.5 Å². The summed E-state index contributed by atoms with van der Waals surface area (Å²) >= 11 is 6.45. The van der Waals surface area contributed by atoms with E-state index in [0.717, 1.165) is 42.2 Å². The number of aromatic nitrogens is 1. The van der Waals surface area contributed by atoms with Crippen LogP contribution in [-0.2, 0) is 20.9 Å². The highest BCUT2D eigenvalue weighted by molar-refractivity contribution is 7.86. The zero-order valence-corrected chi connectivity index (χ0v) is 22.8. The predicted molar refractivity (Wildman–Crippen MR) is 147 cm³/mol. The number of hydrogen-bond donors (Lipinski definition) is 0. The number of amides is 1. The number of fused-ring (bicyclic) bond motifs is 1. The molecule has 38 heavy (non-hydrogen) atoms. The van der Waals surface area contributed by atoms with Gasteiger partial charge in [0.05, 0.1) is 39.6 Å². The molecule has 3 aromatic rings. The first-order valence-electron chi connectivity index (χ1n) is 12.0. The number of benzene rings is 2. The monoisotopic (exact) mass is 558 g/mol. The number of rotatable bonds is 9. The number of anilines is 2. The van der Waals surface area contributed by atoms with Gasteiger partial charge in [-0.2, -0.15) is 8.42 Å². The number of para-hydroxylation sites is 1. The summed E-state index contributed by atoms with van der Waals surface area (Å²) in [7, 11) is -4.05. The Labute approximate surface area is 227 Å². The molecular weight excluding hydrogens is 531 g/mol. The summed E-state index contributed by atoms with van der Waals surface area (Å²) < 4.78 is 44.1. The summed E-state index contributed by atoms with van der Waals surface area (Å²) in [5.41, 5.74) is 1.80. The molecule has 8 nitrogen and oxygen atoms in total. The molecule has 4 rings (SSSR count). The number of hydrogen-bond acceptors (Lipinski definition) is 7. The van der Waals surface area contributed by atoms with E-state index < -0.39 is 28.0 Å². The number of hydroxylamine groups is 1. The summed E-state index contributed by atoms with van der Waals surface area (Å²) in [6.07, 6.45) is 3.08. The fourth-order valence-electron chi connectivity index (χ4n) is 4.20. The van der Waals surface area contributed by atoms with E-state index in [1.54, 1.807) is 42.5 Å². The van der Waals surface area contributed by atoms with Crippen LogP contribution in [0.15, 0.2) is 66.7 Å². The summed E-state index contributed by atoms with van der Waals surface area (Å²) in [4.78, 5) is 21.9. The van der Waals surface area contributed by atoms with Crippen molar-refractivity contribution in [3.8, 4) is 0 Å². The molecule has 2 heterocycles. The second kappa shape index (κ2) is 11.6. The van der Waals surface area contributed by atoms with Crippen LogP contribution in [-0.4, -0.2) is 49.7 Å². The van der Waals surface area contributed by atoms with E-state index in [4.69, 9.17) is 20.9 Å². The van der Waals surface area contributed by atoms with Gasteiger partial charge in [0.25, 0.3) is 16.0 Å². The Kier molecular flexibility index (Phi) is 8.47. The first-order chi connectivity index (χ1) is 18.1. The van der Waals surface area contributed by atoms with Crippen molar-refractivity contribution < 1.29 is 21.9 Å². The summed E-state index contributed by atoms with van der Waals surface area (Å²) in [6.45, 7) is 6.60. The molecule has 1 amide bonds. The number of halogens is 2. The van der Waals surface area contributed by atoms with Gasteiger partial charge in [-0.05, 0) is 67.7 Å². The second-order valence-corrected chi connectivity index (χ2v) is 10.6. The molecule has 0 fully saturated rings. The van der Waals surface area contributed by atoms with Crippen molar-refractivity contribution in [3.63, 3.8) is 0 Å². The van der Waals surface area contributed by atoms with Crippen LogP contribution in [0.25, 0.3) is 6.08 Å². The first kappa shape index (κ1) is 27.7. The maximum Gasteiger partial charge on any atom is 0.285 e. The minimum Gasteiger partial charge on any atom is -0.298 e. The second-order valence-electron chi connectivity index (χ2n) is 8.68. The molecular formula is C27H28ClFN4O4S. The van der Waals surface area contributed by atoms with Crippen LogP contribution < -0.4 is 9.96 Å². The molecule has 0 N–H and O–H groups in total. The molecule has 0 aliphatic carbocycles. The van der Waals surface area contributed by atoms with E-state index in [1.165, 1.54) is 11.0 Å². The van der Waals surface area contributed by atoms with Crippen LogP contribution in [0.4, 0.5) is 15.8 Å². The average Bonchev–Trinajstić information content (AvgIpc) is 2.88. The van der Waals surface area contributed by atoms with Crippen LogP contribution in [0, 0.1) is 5.82 Å². The van der Waals surface area contributed by atoms with E-state index in [-0.39, 0.29) is 16.3 Å². The minimum atomic E-state index is -4.05. The summed E-state index contributed by atoms with van der Waals surface area (Å²) in [6, 6.07) is 15.7. The van der Waals surface area contributed by atoms with Gasteiger partial charge < -0.3 is 0 Å². The average molecular weight is 559 g/mol. The molecule has 0 bridgehead atoms. The topological polar surface area (TPSA) is 83.0 Å². The van der Waals surface area contributed by atoms with E-state index in [2.05, 4.69) is 18.7 Å². The molecule has 1 atom stereocenters. The third-order valence-electron chi connectivity index (χ3n) is 6.03. The summed E-state index contributed by atoms with van der Waals surface area (Å²) in [5.74, 6) is -1.22. The van der Waals surface area contributed by atoms with Crippen molar-refractivity contribution in [1.29, 1.82) is 0 Å². The highest BCUT2D eigenvalue weighted by Gasteiger charge is 2.40. The zero-order valence-electron chi connectivity index (χ0n) is 21.2. The van der Waals surface area contributed by atoms with Gasteiger partial charge in [0.2, 0.25) is 0 Å². The standard InChI is InChI=1S/C27H28ClFN4O4S/c1-4-31(5-2)18-21-10-8-9-20(30-21)14-16-26-32(25-12-7-6-11-23(25)28)27(34)22-17-19(29)13-15-24(22)33(26)37-38(3,35)36/h6-17,26H,4-5,18H2,1-3H3. The van der Waals surface area contributed by atoms with Gasteiger partial charge in [0.15, 0.2) is 6.17 Å². The lowest BCUT2D eigenvalue weighted by molar-refractivity contribution is 0.0954. The lowest BCUT2D eigenvalue weighted by atomic mass is 10.0. The first-order valence-corrected chi connectivity index (χ1v) is 14.2. The lowest BCUT2D eigenvalue weighted by Crippen LogP contribution is -2.55. The highest BCUT2D eigenvalue weighted by atomic mass is 35.5. The Bertz CT molecular complexity index is 1460. The molecule has 1 unspecified atom stereocenters. The molecule has 200 valence electrons. The molecule has 2 aromatic carbocycles. The molecule has 0 saturated heterocycles. The van der Waals surface area contributed by atoms with E-state index in [9.17, 15) is 17.6 Å². The molecule has 0 spiro atoms. The van der Waals surface area contributed by atoms with Gasteiger partial charge in [0.1, 0.15) is 5.82 Å². The molecule has 11 heteroatoms. The van der Waals surface area contributed by atoms with Crippen LogP contribution in [0.1, 0.15) is 35.6 Å². The third-order valence-corrected chi connectivity index (χ3v) is 6.78. The minimum absolute atomic E-state index is 0.0717. The zero-order chi connectivity index (χ0) is 27.4. The smallest absolute Gasteiger partial charge is 0.285 e. The van der Waals surface area contributed by atoms with E-state index in [1.807, 2.05) is 12.1 Å².